The Bertz CT molecular complexity index is 574. The number of Topliss-reactive ketones (excluding diaryl/α,β-unsaturated/α-hetero) is 1. The van der Waals surface area contributed by atoms with Gasteiger partial charge >= 0.3 is 0 Å². The molecular weight excluding hydrogens is 296 g/mol. The van der Waals surface area contributed by atoms with Crippen LogP contribution in [0.5, 0.6) is 0 Å². The minimum absolute atomic E-state index is 0.0124. The Hall–Kier alpha value is -1.01. The van der Waals surface area contributed by atoms with Gasteiger partial charge in [0.05, 0.1) is 11.5 Å². The van der Waals surface area contributed by atoms with Crippen molar-refractivity contribution in [2.24, 2.45) is 0 Å². The summed E-state index contributed by atoms with van der Waals surface area (Å²) >= 11 is 0. The third-order valence-corrected chi connectivity index (χ3v) is 5.24. The first-order valence-corrected chi connectivity index (χ1v) is 10.0. The fourth-order valence-electron chi connectivity index (χ4n) is 1.69. The minimum atomic E-state index is -3.14. The van der Waals surface area contributed by atoms with E-state index in [1.54, 1.807) is 12.1 Å². The second-order valence-corrected chi connectivity index (χ2v) is 8.62. The van der Waals surface area contributed by atoms with E-state index in [9.17, 15) is 17.4 Å². The van der Waals surface area contributed by atoms with Gasteiger partial charge in [-0.1, -0.05) is 37.6 Å². The smallest absolute Gasteiger partial charge is 0.175 e. The average molecular weight is 316 g/mol. The van der Waals surface area contributed by atoms with Crippen LogP contribution in [0.15, 0.2) is 24.3 Å². The van der Waals surface area contributed by atoms with E-state index in [2.05, 4.69) is 6.92 Å². The van der Waals surface area contributed by atoms with E-state index in [1.165, 1.54) is 5.56 Å². The molecule has 6 heteroatoms. The Balaban J connectivity index is 2.55. The lowest BCUT2D eigenvalue weighted by atomic mass is 10.1. The van der Waals surface area contributed by atoms with Crippen molar-refractivity contribution in [3.63, 3.8) is 0 Å². The largest absolute Gasteiger partial charge is 0.293 e. The summed E-state index contributed by atoms with van der Waals surface area (Å²) in [6.07, 6.45) is 3.11. The summed E-state index contributed by atoms with van der Waals surface area (Å²) in [6, 6.07) is 7.27. The van der Waals surface area contributed by atoms with E-state index in [4.69, 9.17) is 0 Å². The van der Waals surface area contributed by atoms with Gasteiger partial charge in [0.25, 0.3) is 0 Å². The molecule has 0 saturated carbocycles. The zero-order chi connectivity index (χ0) is 15.2. The molecule has 0 aromatic heterocycles. The summed E-state index contributed by atoms with van der Waals surface area (Å²) in [5.41, 5.74) is 1.69. The van der Waals surface area contributed by atoms with Crippen LogP contribution < -0.4 is 0 Å². The van der Waals surface area contributed by atoms with Gasteiger partial charge in [0.1, 0.15) is 9.84 Å². The fraction of sp³-hybridized carbons (Fsp3) is 0.500. The van der Waals surface area contributed by atoms with Gasteiger partial charge in [0.15, 0.2) is 5.78 Å². The summed E-state index contributed by atoms with van der Waals surface area (Å²) < 4.78 is 33.6. The summed E-state index contributed by atoms with van der Waals surface area (Å²) in [5.74, 6) is -0.469. The van der Waals surface area contributed by atoms with Crippen molar-refractivity contribution in [3.8, 4) is 0 Å². The molecule has 4 nitrogen and oxygen atoms in total. The Morgan fingerprint density at radius 1 is 1.20 bits per heavy atom. The monoisotopic (exact) mass is 316 g/mol. The number of hydrogen-bond acceptors (Lipinski definition) is 4. The second-order valence-electron chi connectivity index (χ2n) is 4.79. The number of rotatable bonds is 8. The molecule has 112 valence electrons. The highest BCUT2D eigenvalue weighted by molar-refractivity contribution is 7.92. The molecule has 1 aromatic carbocycles. The van der Waals surface area contributed by atoms with E-state index < -0.39 is 20.6 Å². The van der Waals surface area contributed by atoms with Gasteiger partial charge in [-0.25, -0.2) is 8.42 Å². The topological polar surface area (TPSA) is 68.3 Å². The lowest BCUT2D eigenvalue weighted by Crippen LogP contribution is -2.18. The third-order valence-electron chi connectivity index (χ3n) is 2.79. The van der Waals surface area contributed by atoms with Crippen molar-refractivity contribution in [3.05, 3.63) is 35.4 Å². The Kier molecular flexibility index (Phi) is 6.55. The van der Waals surface area contributed by atoms with Crippen LogP contribution in [-0.2, 0) is 27.1 Å². The number of ketones is 1. The summed E-state index contributed by atoms with van der Waals surface area (Å²) in [4.78, 5) is 11.9. The maximum absolute atomic E-state index is 11.9. The normalized spacial score (nSPS) is 13.1. The van der Waals surface area contributed by atoms with Crippen molar-refractivity contribution >= 4 is 26.4 Å². The maximum Gasteiger partial charge on any atom is 0.175 e. The molecule has 1 aromatic rings. The van der Waals surface area contributed by atoms with Gasteiger partial charge < -0.3 is 0 Å². The zero-order valence-corrected chi connectivity index (χ0v) is 13.4. The third kappa shape index (κ3) is 6.43. The Morgan fingerprint density at radius 2 is 1.80 bits per heavy atom. The molecular formula is C14H20O4S2. The summed E-state index contributed by atoms with van der Waals surface area (Å²) in [7, 11) is -4.57. The van der Waals surface area contributed by atoms with Gasteiger partial charge in [-0.05, 0) is 12.0 Å². The molecule has 1 atom stereocenters. The van der Waals surface area contributed by atoms with Crippen molar-refractivity contribution in [1.82, 2.24) is 0 Å². The van der Waals surface area contributed by atoms with E-state index in [1.807, 2.05) is 12.1 Å². The van der Waals surface area contributed by atoms with Crippen LogP contribution in [0.1, 0.15) is 29.3 Å². The Labute approximate surface area is 123 Å². The summed E-state index contributed by atoms with van der Waals surface area (Å²) in [6.45, 7) is 2.09. The van der Waals surface area contributed by atoms with Crippen LogP contribution in [0.4, 0.5) is 0 Å². The van der Waals surface area contributed by atoms with Crippen molar-refractivity contribution < 1.29 is 17.4 Å². The molecule has 0 spiro atoms. The zero-order valence-electron chi connectivity index (χ0n) is 11.8. The molecule has 20 heavy (non-hydrogen) atoms. The van der Waals surface area contributed by atoms with Crippen LogP contribution in [0, 0.1) is 0 Å². The number of carbonyl (C=O) groups is 1. The highest BCUT2D eigenvalue weighted by Crippen LogP contribution is 2.08. The first-order chi connectivity index (χ1) is 9.31. The van der Waals surface area contributed by atoms with Crippen LogP contribution in [-0.4, -0.2) is 41.9 Å². The Morgan fingerprint density at radius 3 is 2.30 bits per heavy atom. The standard InChI is InChI=1S/C14H20O4S2/c1-3-4-12-5-7-13(8-6-12)14(15)11-19(16)9-10-20(2,17)18/h5-8H,3-4,9-11H2,1-2H3. The average Bonchev–Trinajstić information content (AvgIpc) is 2.37. The first kappa shape index (κ1) is 17.0. The first-order valence-electron chi connectivity index (χ1n) is 6.46. The number of hydrogen-bond donors (Lipinski definition) is 0. The van der Waals surface area contributed by atoms with E-state index in [0.717, 1.165) is 19.1 Å². The highest BCUT2D eigenvalue weighted by atomic mass is 32.2. The molecule has 0 saturated heterocycles. The van der Waals surface area contributed by atoms with E-state index >= 15 is 0 Å². The highest BCUT2D eigenvalue weighted by Gasteiger charge is 2.12. The number of carbonyl (C=O) groups excluding carboxylic acids is 1. The van der Waals surface area contributed by atoms with Crippen LogP contribution >= 0.6 is 0 Å². The molecule has 0 radical (unpaired) electrons. The molecule has 0 heterocycles. The van der Waals surface area contributed by atoms with E-state index in [-0.39, 0.29) is 23.0 Å². The molecule has 1 rings (SSSR count). The number of aryl methyl sites for hydroxylation is 1. The quantitative estimate of drug-likeness (QED) is 0.683. The van der Waals surface area contributed by atoms with Crippen LogP contribution in [0.25, 0.3) is 0 Å². The molecule has 0 aliphatic heterocycles. The molecule has 0 amide bonds. The predicted molar refractivity (Wildman–Crippen MR) is 82.4 cm³/mol. The SMILES string of the molecule is CCCc1ccc(C(=O)CS(=O)CCS(C)(=O)=O)cc1. The van der Waals surface area contributed by atoms with Gasteiger partial charge in [0.2, 0.25) is 0 Å². The van der Waals surface area contributed by atoms with Crippen molar-refractivity contribution in [2.45, 2.75) is 19.8 Å². The lowest BCUT2D eigenvalue weighted by molar-refractivity contribution is 0.102. The molecule has 0 N–H and O–H groups in total. The summed E-state index contributed by atoms with van der Waals surface area (Å²) in [5, 5.41) is 0. The van der Waals surface area contributed by atoms with Gasteiger partial charge in [-0.15, -0.1) is 0 Å². The van der Waals surface area contributed by atoms with E-state index in [0.29, 0.717) is 5.56 Å². The number of sulfone groups is 1. The van der Waals surface area contributed by atoms with Gasteiger partial charge in [-0.3, -0.25) is 9.00 Å². The molecule has 0 fully saturated rings. The van der Waals surface area contributed by atoms with Crippen LogP contribution in [0.2, 0.25) is 0 Å². The van der Waals surface area contributed by atoms with Crippen molar-refractivity contribution in [1.29, 1.82) is 0 Å². The maximum atomic E-state index is 11.9. The van der Waals surface area contributed by atoms with Gasteiger partial charge in [0, 0.05) is 28.4 Å². The molecule has 1 unspecified atom stereocenters. The fourth-order valence-corrected chi connectivity index (χ4v) is 4.25. The van der Waals surface area contributed by atoms with Gasteiger partial charge in [-0.2, -0.15) is 0 Å². The molecule has 0 bridgehead atoms. The predicted octanol–water partition coefficient (Wildman–Crippen LogP) is 1.62. The lowest BCUT2D eigenvalue weighted by Gasteiger charge is -2.03. The van der Waals surface area contributed by atoms with Crippen LogP contribution in [0.3, 0.4) is 0 Å². The number of benzene rings is 1. The minimum Gasteiger partial charge on any atom is -0.293 e. The molecule has 0 aliphatic carbocycles. The second kappa shape index (κ2) is 7.69. The molecule has 0 aliphatic rings. The van der Waals surface area contributed by atoms with Crippen molar-refractivity contribution in [2.75, 3.05) is 23.5 Å².